The molecule has 0 aliphatic carbocycles. The highest BCUT2D eigenvalue weighted by Crippen LogP contribution is 2.18. The number of benzene rings is 1. The molecular formula is C17H19N7O. The molecule has 3 rings (SSSR count). The third-order valence-corrected chi connectivity index (χ3v) is 3.72. The topological polar surface area (TPSA) is 111 Å². The van der Waals surface area contributed by atoms with Crippen LogP contribution in [0.15, 0.2) is 42.9 Å². The second-order valence-corrected chi connectivity index (χ2v) is 5.63. The van der Waals surface area contributed by atoms with Gasteiger partial charge in [-0.2, -0.15) is 10.1 Å². The normalized spacial score (nSPS) is 10.5. The zero-order valence-electron chi connectivity index (χ0n) is 14.0. The number of carbonyl (C=O) groups excluding carboxylic acids is 1. The zero-order valence-corrected chi connectivity index (χ0v) is 14.0. The van der Waals surface area contributed by atoms with Crippen LogP contribution in [0.2, 0.25) is 0 Å². The number of amides is 1. The highest BCUT2D eigenvalue weighted by Gasteiger charge is 2.13. The van der Waals surface area contributed by atoms with Crippen LogP contribution in [-0.2, 0) is 13.6 Å². The number of hydrogen-bond donors (Lipinski definition) is 3. The van der Waals surface area contributed by atoms with Crippen molar-refractivity contribution in [2.45, 2.75) is 13.5 Å². The Morgan fingerprint density at radius 1 is 1.28 bits per heavy atom. The van der Waals surface area contributed by atoms with Gasteiger partial charge in [0.25, 0.3) is 5.91 Å². The maximum atomic E-state index is 11.6. The number of nitrogens with zero attached hydrogens (tertiary/aromatic N) is 4. The van der Waals surface area contributed by atoms with Gasteiger partial charge in [0.05, 0.1) is 17.4 Å². The first-order valence-corrected chi connectivity index (χ1v) is 7.74. The van der Waals surface area contributed by atoms with Crippen molar-refractivity contribution in [1.82, 2.24) is 19.7 Å². The highest BCUT2D eigenvalue weighted by atomic mass is 16.1. The Bertz CT molecular complexity index is 904. The second-order valence-electron chi connectivity index (χ2n) is 5.63. The fraction of sp³-hybridized carbons (Fsp3) is 0.176. The van der Waals surface area contributed by atoms with E-state index in [0.29, 0.717) is 18.3 Å². The van der Waals surface area contributed by atoms with Crippen molar-refractivity contribution in [3.63, 3.8) is 0 Å². The Kier molecular flexibility index (Phi) is 4.60. The van der Waals surface area contributed by atoms with Crippen LogP contribution in [0, 0.1) is 6.92 Å². The molecule has 0 spiro atoms. The van der Waals surface area contributed by atoms with E-state index in [-0.39, 0.29) is 5.56 Å². The van der Waals surface area contributed by atoms with Crippen LogP contribution < -0.4 is 16.4 Å². The standard InChI is InChI=1S/C17H19N7O/c1-11-5-3-4-6-12(11)7-19-16-14(15(18)25)9-20-17(23-16)22-13-8-21-24(2)10-13/h3-6,8-10H,7H2,1-2H3,(H2,18,25)(H2,19,20,22,23). The second kappa shape index (κ2) is 7.00. The largest absolute Gasteiger partial charge is 0.365 e. The number of hydrogen-bond acceptors (Lipinski definition) is 6. The quantitative estimate of drug-likeness (QED) is 0.634. The lowest BCUT2D eigenvalue weighted by Crippen LogP contribution is -2.17. The molecule has 8 heteroatoms. The SMILES string of the molecule is Cc1ccccc1CNc1nc(Nc2cnn(C)c2)ncc1C(N)=O. The number of aromatic nitrogens is 4. The van der Waals surface area contributed by atoms with Gasteiger partial charge in [-0.25, -0.2) is 4.98 Å². The number of aryl methyl sites for hydroxylation is 2. The van der Waals surface area contributed by atoms with Crippen molar-refractivity contribution in [1.29, 1.82) is 0 Å². The first-order chi connectivity index (χ1) is 12.0. The molecule has 8 nitrogen and oxygen atoms in total. The Hall–Kier alpha value is -3.42. The average molecular weight is 337 g/mol. The van der Waals surface area contributed by atoms with E-state index in [1.807, 2.05) is 38.2 Å². The van der Waals surface area contributed by atoms with Gasteiger partial charge in [0.15, 0.2) is 0 Å². The number of anilines is 3. The molecule has 0 unspecified atom stereocenters. The molecule has 3 aromatic rings. The van der Waals surface area contributed by atoms with Gasteiger partial charge in [0, 0.05) is 26.0 Å². The van der Waals surface area contributed by atoms with Gasteiger partial charge in [-0.15, -0.1) is 0 Å². The van der Waals surface area contributed by atoms with Crippen molar-refractivity contribution in [2.24, 2.45) is 12.8 Å². The minimum Gasteiger partial charge on any atom is -0.365 e. The molecule has 4 N–H and O–H groups in total. The summed E-state index contributed by atoms with van der Waals surface area (Å²) in [6.45, 7) is 2.55. The molecule has 2 aromatic heterocycles. The van der Waals surface area contributed by atoms with Crippen molar-refractivity contribution in [2.75, 3.05) is 10.6 Å². The van der Waals surface area contributed by atoms with Crippen LogP contribution >= 0.6 is 0 Å². The van der Waals surface area contributed by atoms with E-state index >= 15 is 0 Å². The van der Waals surface area contributed by atoms with E-state index in [0.717, 1.165) is 16.8 Å². The molecule has 0 fully saturated rings. The third-order valence-electron chi connectivity index (χ3n) is 3.72. The highest BCUT2D eigenvalue weighted by molar-refractivity contribution is 5.97. The predicted molar refractivity (Wildman–Crippen MR) is 95.5 cm³/mol. The Labute approximate surface area is 145 Å². The van der Waals surface area contributed by atoms with Gasteiger partial charge in [0.2, 0.25) is 5.95 Å². The molecule has 0 saturated heterocycles. The molecule has 25 heavy (non-hydrogen) atoms. The molecule has 0 aliphatic rings. The summed E-state index contributed by atoms with van der Waals surface area (Å²) in [6.07, 6.45) is 4.87. The maximum Gasteiger partial charge on any atom is 0.254 e. The van der Waals surface area contributed by atoms with Crippen LogP contribution in [0.25, 0.3) is 0 Å². The van der Waals surface area contributed by atoms with Gasteiger partial charge < -0.3 is 16.4 Å². The molecular weight excluding hydrogens is 318 g/mol. The summed E-state index contributed by atoms with van der Waals surface area (Å²) in [7, 11) is 1.82. The molecule has 128 valence electrons. The minimum absolute atomic E-state index is 0.241. The van der Waals surface area contributed by atoms with E-state index in [9.17, 15) is 4.79 Å². The number of primary amides is 1. The Morgan fingerprint density at radius 2 is 2.08 bits per heavy atom. The number of nitrogens with one attached hydrogen (secondary N) is 2. The van der Waals surface area contributed by atoms with Crippen LogP contribution in [0.3, 0.4) is 0 Å². The van der Waals surface area contributed by atoms with Crippen molar-refractivity contribution >= 4 is 23.4 Å². The average Bonchev–Trinajstić information content (AvgIpc) is 2.99. The number of carbonyl (C=O) groups is 1. The van der Waals surface area contributed by atoms with E-state index in [1.165, 1.54) is 6.20 Å². The lowest BCUT2D eigenvalue weighted by molar-refractivity contribution is 0.100. The summed E-state index contributed by atoms with van der Waals surface area (Å²) in [6, 6.07) is 7.99. The van der Waals surface area contributed by atoms with Crippen LogP contribution in [0.4, 0.5) is 17.5 Å². The van der Waals surface area contributed by atoms with Crippen molar-refractivity contribution in [3.8, 4) is 0 Å². The Balaban J connectivity index is 1.83. The van der Waals surface area contributed by atoms with Gasteiger partial charge >= 0.3 is 0 Å². The smallest absolute Gasteiger partial charge is 0.254 e. The fourth-order valence-corrected chi connectivity index (χ4v) is 2.36. The number of rotatable bonds is 6. The zero-order chi connectivity index (χ0) is 17.8. The van der Waals surface area contributed by atoms with Crippen molar-refractivity contribution < 1.29 is 4.79 Å². The van der Waals surface area contributed by atoms with E-state index in [4.69, 9.17) is 5.73 Å². The predicted octanol–water partition coefficient (Wildman–Crippen LogP) is 1.97. The summed E-state index contributed by atoms with van der Waals surface area (Å²) in [5.41, 5.74) is 8.68. The molecule has 2 heterocycles. The summed E-state index contributed by atoms with van der Waals surface area (Å²) in [4.78, 5) is 20.2. The molecule has 0 atom stereocenters. The first-order valence-electron chi connectivity index (χ1n) is 7.74. The third kappa shape index (κ3) is 3.92. The van der Waals surface area contributed by atoms with Gasteiger partial charge in [0.1, 0.15) is 5.82 Å². The lowest BCUT2D eigenvalue weighted by Gasteiger charge is -2.12. The summed E-state index contributed by atoms with van der Waals surface area (Å²) in [5.74, 6) is 0.155. The summed E-state index contributed by atoms with van der Waals surface area (Å²) >= 11 is 0. The van der Waals surface area contributed by atoms with E-state index < -0.39 is 5.91 Å². The summed E-state index contributed by atoms with van der Waals surface area (Å²) < 4.78 is 1.66. The van der Waals surface area contributed by atoms with Crippen molar-refractivity contribution in [3.05, 3.63) is 59.5 Å². The minimum atomic E-state index is -0.583. The molecule has 0 saturated carbocycles. The summed E-state index contributed by atoms with van der Waals surface area (Å²) in [5, 5.41) is 10.3. The van der Waals surface area contributed by atoms with E-state index in [2.05, 4.69) is 25.7 Å². The molecule has 0 aliphatic heterocycles. The number of nitrogens with two attached hydrogens (primary N) is 1. The van der Waals surface area contributed by atoms with Crippen LogP contribution in [0.1, 0.15) is 21.5 Å². The molecule has 0 bridgehead atoms. The van der Waals surface area contributed by atoms with Gasteiger partial charge in [-0.05, 0) is 18.1 Å². The molecule has 1 amide bonds. The van der Waals surface area contributed by atoms with Gasteiger partial charge in [-0.1, -0.05) is 24.3 Å². The lowest BCUT2D eigenvalue weighted by atomic mass is 10.1. The molecule has 0 radical (unpaired) electrons. The maximum absolute atomic E-state index is 11.6. The van der Waals surface area contributed by atoms with Crippen LogP contribution in [0.5, 0.6) is 0 Å². The molecule has 1 aromatic carbocycles. The van der Waals surface area contributed by atoms with Gasteiger partial charge in [-0.3, -0.25) is 9.48 Å². The van der Waals surface area contributed by atoms with Crippen LogP contribution in [-0.4, -0.2) is 25.7 Å². The fourth-order valence-electron chi connectivity index (χ4n) is 2.36. The van der Waals surface area contributed by atoms with E-state index in [1.54, 1.807) is 17.1 Å². The first kappa shape index (κ1) is 16.4. The monoisotopic (exact) mass is 337 g/mol. The Morgan fingerprint density at radius 3 is 2.76 bits per heavy atom.